The largest absolute Gasteiger partial charge is 0.416 e. The third-order valence-corrected chi connectivity index (χ3v) is 3.83. The van der Waals surface area contributed by atoms with Crippen LogP contribution in [0.3, 0.4) is 0 Å². The Morgan fingerprint density at radius 3 is 2.58 bits per heavy atom. The van der Waals surface area contributed by atoms with Crippen LogP contribution in [0, 0.1) is 0 Å². The first-order valence-electron chi connectivity index (χ1n) is 6.16. The lowest BCUT2D eigenvalue weighted by Crippen LogP contribution is -2.45. The van der Waals surface area contributed by atoms with Gasteiger partial charge in [0.15, 0.2) is 5.78 Å². The summed E-state index contributed by atoms with van der Waals surface area (Å²) in [5.74, 6) is -0.518. The Bertz CT molecular complexity index is 496. The molecule has 0 radical (unpaired) electrons. The summed E-state index contributed by atoms with van der Waals surface area (Å²) < 4.78 is 39.1. The normalized spacial score (nSPS) is 28.5. The zero-order chi connectivity index (χ0) is 14.3. The number of ketones is 1. The standard InChI is InChI=1S/C14H15F3O2/c1-13(8-4-7-11(18)12(13)19)9-5-2-3-6-10(9)14(15,16)17/h2-3,5-6,11,18H,4,7-8H2,1H3. The van der Waals surface area contributed by atoms with E-state index in [-0.39, 0.29) is 5.56 Å². The molecule has 0 saturated heterocycles. The second-order valence-electron chi connectivity index (χ2n) is 5.15. The Kier molecular flexibility index (Phi) is 3.43. The fourth-order valence-electron chi connectivity index (χ4n) is 2.75. The van der Waals surface area contributed by atoms with Crippen molar-refractivity contribution in [1.29, 1.82) is 0 Å². The Morgan fingerprint density at radius 2 is 1.95 bits per heavy atom. The van der Waals surface area contributed by atoms with E-state index in [1.807, 2.05) is 0 Å². The predicted molar refractivity (Wildman–Crippen MR) is 63.7 cm³/mol. The Morgan fingerprint density at radius 1 is 1.32 bits per heavy atom. The first kappa shape index (κ1) is 14.1. The van der Waals surface area contributed by atoms with Crippen LogP contribution in [-0.2, 0) is 16.4 Å². The van der Waals surface area contributed by atoms with Gasteiger partial charge < -0.3 is 5.11 Å². The maximum absolute atomic E-state index is 13.0. The minimum atomic E-state index is -4.50. The first-order valence-corrected chi connectivity index (χ1v) is 6.16. The van der Waals surface area contributed by atoms with Crippen LogP contribution < -0.4 is 0 Å². The average Bonchev–Trinajstić information content (AvgIpc) is 2.35. The second kappa shape index (κ2) is 4.63. The molecule has 0 heterocycles. The highest BCUT2D eigenvalue weighted by Crippen LogP contribution is 2.42. The highest BCUT2D eigenvalue weighted by molar-refractivity contribution is 5.94. The van der Waals surface area contributed by atoms with Gasteiger partial charge in [0.25, 0.3) is 0 Å². The lowest BCUT2D eigenvalue weighted by atomic mass is 9.67. The molecule has 1 saturated carbocycles. The number of aliphatic hydroxyl groups excluding tert-OH is 1. The number of halogens is 3. The van der Waals surface area contributed by atoms with Gasteiger partial charge in [-0.05, 0) is 37.8 Å². The monoisotopic (exact) mass is 272 g/mol. The molecular weight excluding hydrogens is 257 g/mol. The van der Waals surface area contributed by atoms with Crippen LogP contribution in [0.1, 0.15) is 37.3 Å². The molecule has 1 fully saturated rings. The van der Waals surface area contributed by atoms with E-state index >= 15 is 0 Å². The van der Waals surface area contributed by atoms with Gasteiger partial charge in [-0.15, -0.1) is 0 Å². The van der Waals surface area contributed by atoms with Crippen molar-refractivity contribution in [3.05, 3.63) is 35.4 Å². The molecule has 1 aromatic rings. The van der Waals surface area contributed by atoms with Crippen molar-refractivity contribution in [3.8, 4) is 0 Å². The first-order chi connectivity index (χ1) is 8.77. The van der Waals surface area contributed by atoms with Gasteiger partial charge in [0.05, 0.1) is 11.0 Å². The second-order valence-corrected chi connectivity index (χ2v) is 5.15. The molecule has 1 aliphatic carbocycles. The van der Waals surface area contributed by atoms with Crippen molar-refractivity contribution in [2.75, 3.05) is 0 Å². The van der Waals surface area contributed by atoms with Crippen molar-refractivity contribution in [3.63, 3.8) is 0 Å². The maximum Gasteiger partial charge on any atom is 0.416 e. The molecule has 2 unspecified atom stereocenters. The summed E-state index contributed by atoms with van der Waals surface area (Å²) in [6.07, 6.45) is -4.48. The highest BCUT2D eigenvalue weighted by Gasteiger charge is 2.46. The van der Waals surface area contributed by atoms with Gasteiger partial charge >= 0.3 is 6.18 Å². The van der Waals surface area contributed by atoms with Crippen molar-refractivity contribution < 1.29 is 23.1 Å². The van der Waals surface area contributed by atoms with Gasteiger partial charge in [-0.25, -0.2) is 0 Å². The third-order valence-electron chi connectivity index (χ3n) is 3.83. The summed E-state index contributed by atoms with van der Waals surface area (Å²) in [6.45, 7) is 1.49. The van der Waals surface area contributed by atoms with Crippen LogP contribution in [0.2, 0.25) is 0 Å². The molecule has 19 heavy (non-hydrogen) atoms. The van der Waals surface area contributed by atoms with Crippen LogP contribution in [0.4, 0.5) is 13.2 Å². The van der Waals surface area contributed by atoms with E-state index in [0.29, 0.717) is 19.3 Å². The molecule has 5 heteroatoms. The molecule has 1 aliphatic rings. The molecule has 1 aromatic carbocycles. The number of Topliss-reactive ketones (excluding diaryl/α,β-unsaturated/α-hetero) is 1. The smallest absolute Gasteiger partial charge is 0.385 e. The van der Waals surface area contributed by atoms with Gasteiger partial charge in [-0.2, -0.15) is 13.2 Å². The third kappa shape index (κ3) is 2.39. The van der Waals surface area contributed by atoms with Crippen molar-refractivity contribution >= 4 is 5.78 Å². The number of alkyl halides is 3. The number of hydrogen-bond acceptors (Lipinski definition) is 2. The molecule has 1 N–H and O–H groups in total. The van der Waals surface area contributed by atoms with Crippen LogP contribution in [0.5, 0.6) is 0 Å². The van der Waals surface area contributed by atoms with Crippen molar-refractivity contribution in [1.82, 2.24) is 0 Å². The minimum absolute atomic E-state index is 0.0359. The molecule has 0 aliphatic heterocycles. The van der Waals surface area contributed by atoms with E-state index in [0.717, 1.165) is 6.07 Å². The summed E-state index contributed by atoms with van der Waals surface area (Å²) in [4.78, 5) is 12.1. The molecule has 0 spiro atoms. The zero-order valence-electron chi connectivity index (χ0n) is 10.5. The van der Waals surface area contributed by atoms with E-state index in [1.165, 1.54) is 25.1 Å². The molecule has 0 aromatic heterocycles. The number of hydrogen-bond donors (Lipinski definition) is 1. The van der Waals surface area contributed by atoms with Crippen LogP contribution in [0.15, 0.2) is 24.3 Å². The predicted octanol–water partition coefficient (Wildman–Crippen LogP) is 3.08. The molecule has 104 valence electrons. The fraction of sp³-hybridized carbons (Fsp3) is 0.500. The number of aliphatic hydroxyl groups is 1. The zero-order valence-corrected chi connectivity index (χ0v) is 10.5. The van der Waals surface area contributed by atoms with Gasteiger partial charge in [-0.3, -0.25) is 4.79 Å². The molecule has 2 rings (SSSR count). The van der Waals surface area contributed by atoms with Crippen molar-refractivity contribution in [2.45, 2.75) is 43.9 Å². The number of rotatable bonds is 1. The summed E-state index contributed by atoms with van der Waals surface area (Å²) in [5.41, 5.74) is -2.09. The molecule has 2 nitrogen and oxygen atoms in total. The lowest BCUT2D eigenvalue weighted by molar-refractivity contribution is -0.141. The Labute approximate surface area is 109 Å². The lowest BCUT2D eigenvalue weighted by Gasteiger charge is -2.36. The van der Waals surface area contributed by atoms with Gasteiger partial charge in [-0.1, -0.05) is 18.2 Å². The van der Waals surface area contributed by atoms with Crippen LogP contribution >= 0.6 is 0 Å². The van der Waals surface area contributed by atoms with E-state index in [1.54, 1.807) is 0 Å². The number of benzene rings is 1. The van der Waals surface area contributed by atoms with Crippen LogP contribution in [-0.4, -0.2) is 17.0 Å². The van der Waals surface area contributed by atoms with E-state index in [4.69, 9.17) is 0 Å². The van der Waals surface area contributed by atoms with Crippen molar-refractivity contribution in [2.24, 2.45) is 0 Å². The summed E-state index contributed by atoms with van der Waals surface area (Å²) in [7, 11) is 0. The molecule has 2 atom stereocenters. The molecule has 0 amide bonds. The van der Waals surface area contributed by atoms with E-state index in [9.17, 15) is 23.1 Å². The van der Waals surface area contributed by atoms with Gasteiger partial charge in [0, 0.05) is 0 Å². The summed E-state index contributed by atoms with van der Waals surface area (Å²) in [6, 6.07) is 5.11. The SMILES string of the molecule is CC1(c2ccccc2C(F)(F)F)CCCC(O)C1=O. The minimum Gasteiger partial charge on any atom is -0.385 e. The topological polar surface area (TPSA) is 37.3 Å². The fourth-order valence-corrected chi connectivity index (χ4v) is 2.75. The quantitative estimate of drug-likeness (QED) is 0.853. The Balaban J connectivity index is 2.55. The summed E-state index contributed by atoms with van der Waals surface area (Å²) >= 11 is 0. The average molecular weight is 272 g/mol. The summed E-state index contributed by atoms with van der Waals surface area (Å²) in [5, 5.41) is 9.64. The highest BCUT2D eigenvalue weighted by atomic mass is 19.4. The Hall–Kier alpha value is -1.36. The van der Waals surface area contributed by atoms with E-state index < -0.39 is 29.0 Å². The van der Waals surface area contributed by atoms with E-state index in [2.05, 4.69) is 0 Å². The molecular formula is C14H15F3O2. The number of carbonyl (C=O) groups excluding carboxylic acids is 1. The van der Waals surface area contributed by atoms with Gasteiger partial charge in [0.2, 0.25) is 0 Å². The maximum atomic E-state index is 13.0. The molecule has 0 bridgehead atoms. The van der Waals surface area contributed by atoms with Crippen LogP contribution in [0.25, 0.3) is 0 Å². The van der Waals surface area contributed by atoms with Gasteiger partial charge in [0.1, 0.15) is 6.10 Å². The number of carbonyl (C=O) groups is 1.